The number of halogens is 2. The van der Waals surface area contributed by atoms with Gasteiger partial charge in [0.2, 0.25) is 0 Å². The molecule has 0 aromatic carbocycles. The molecule has 1 rings (SSSR count). The number of nitrogens with one attached hydrogen (secondary N) is 1. The highest BCUT2D eigenvalue weighted by Crippen LogP contribution is 2.11. The zero-order valence-electron chi connectivity index (χ0n) is 8.55. The first-order valence-corrected chi connectivity index (χ1v) is 6.57. The second-order valence-corrected chi connectivity index (χ2v) is 5.65. The van der Waals surface area contributed by atoms with Crippen molar-refractivity contribution in [2.45, 2.75) is 18.0 Å². The number of rotatable bonds is 4. The molecule has 0 bridgehead atoms. The Morgan fingerprint density at radius 1 is 1.56 bits per heavy atom. The summed E-state index contributed by atoms with van der Waals surface area (Å²) in [4.78, 5) is 3.80. The van der Waals surface area contributed by atoms with E-state index in [0.29, 0.717) is 0 Å². The third-order valence-corrected chi connectivity index (χ3v) is 3.66. The molecule has 0 aliphatic heterocycles. The van der Waals surface area contributed by atoms with Crippen molar-refractivity contribution in [3.05, 3.63) is 22.8 Å². The summed E-state index contributed by atoms with van der Waals surface area (Å²) in [6, 6.07) is 2.74. The fourth-order valence-electron chi connectivity index (χ4n) is 0.895. The van der Waals surface area contributed by atoms with Crippen LogP contribution in [-0.4, -0.2) is 26.0 Å². The highest BCUT2D eigenvalue weighted by molar-refractivity contribution is 9.10. The molecule has 1 atom stereocenters. The van der Waals surface area contributed by atoms with Crippen LogP contribution in [0.1, 0.15) is 6.92 Å². The van der Waals surface area contributed by atoms with Crippen molar-refractivity contribution in [2.24, 2.45) is 5.73 Å². The van der Waals surface area contributed by atoms with E-state index in [-0.39, 0.29) is 30.0 Å². The van der Waals surface area contributed by atoms with E-state index in [4.69, 9.17) is 5.73 Å². The van der Waals surface area contributed by atoms with Crippen molar-refractivity contribution in [3.8, 4) is 0 Å². The molecule has 0 aliphatic carbocycles. The molecular weight excluding hydrogens is 318 g/mol. The molecule has 0 saturated carbocycles. The number of aromatic nitrogens is 1. The molecule has 1 aromatic heterocycles. The topological polar surface area (TPSA) is 85.1 Å². The molecule has 0 fully saturated rings. The minimum absolute atomic E-state index is 0. The van der Waals surface area contributed by atoms with Gasteiger partial charge in [0, 0.05) is 23.3 Å². The molecular formula is C8H13BrClN3O2S. The van der Waals surface area contributed by atoms with E-state index in [1.165, 1.54) is 12.3 Å². The summed E-state index contributed by atoms with van der Waals surface area (Å²) in [5.41, 5.74) is 5.33. The quantitative estimate of drug-likeness (QED) is 0.858. The lowest BCUT2D eigenvalue weighted by molar-refractivity contribution is 0.559. The summed E-state index contributed by atoms with van der Waals surface area (Å²) >= 11 is 3.18. The molecule has 0 unspecified atom stereocenters. The normalized spacial score (nSPS) is 12.9. The van der Waals surface area contributed by atoms with Crippen LogP contribution in [0.25, 0.3) is 0 Å². The van der Waals surface area contributed by atoms with Gasteiger partial charge in [-0.3, -0.25) is 0 Å². The van der Waals surface area contributed by atoms with Gasteiger partial charge in [0.05, 0.1) is 0 Å². The van der Waals surface area contributed by atoms with Crippen LogP contribution < -0.4 is 10.5 Å². The van der Waals surface area contributed by atoms with Gasteiger partial charge in [0.15, 0.2) is 5.03 Å². The van der Waals surface area contributed by atoms with E-state index in [1.807, 2.05) is 0 Å². The lowest BCUT2D eigenvalue weighted by atomic mass is 10.4. The van der Waals surface area contributed by atoms with Crippen LogP contribution in [0.15, 0.2) is 27.8 Å². The van der Waals surface area contributed by atoms with Crippen LogP contribution in [0.2, 0.25) is 0 Å². The summed E-state index contributed by atoms with van der Waals surface area (Å²) in [6.07, 6.45) is 1.43. The first-order chi connectivity index (χ1) is 6.95. The van der Waals surface area contributed by atoms with Crippen LogP contribution in [0.3, 0.4) is 0 Å². The lowest BCUT2D eigenvalue weighted by Gasteiger charge is -2.10. The maximum absolute atomic E-state index is 11.7. The monoisotopic (exact) mass is 329 g/mol. The SMILES string of the molecule is C[C@H](CN)NS(=O)(=O)c1ccc(Br)cn1.Cl. The third-order valence-electron chi connectivity index (χ3n) is 1.69. The van der Waals surface area contributed by atoms with E-state index >= 15 is 0 Å². The zero-order valence-corrected chi connectivity index (χ0v) is 11.8. The minimum Gasteiger partial charge on any atom is -0.329 e. The van der Waals surface area contributed by atoms with Crippen molar-refractivity contribution < 1.29 is 8.42 Å². The minimum atomic E-state index is -3.55. The predicted molar refractivity (Wildman–Crippen MR) is 68.0 cm³/mol. The van der Waals surface area contributed by atoms with Gasteiger partial charge in [-0.15, -0.1) is 12.4 Å². The van der Waals surface area contributed by atoms with Crippen LogP contribution in [0.5, 0.6) is 0 Å². The van der Waals surface area contributed by atoms with Crippen LogP contribution in [0, 0.1) is 0 Å². The molecule has 0 aliphatic rings. The van der Waals surface area contributed by atoms with Crippen molar-refractivity contribution >= 4 is 38.4 Å². The largest absolute Gasteiger partial charge is 0.329 e. The maximum atomic E-state index is 11.7. The average Bonchev–Trinajstić information content (AvgIpc) is 2.17. The molecule has 0 amide bonds. The molecule has 3 N–H and O–H groups in total. The first-order valence-electron chi connectivity index (χ1n) is 4.29. The van der Waals surface area contributed by atoms with E-state index in [2.05, 4.69) is 25.6 Å². The standard InChI is InChI=1S/C8H12BrN3O2S.ClH/c1-6(4-10)12-15(13,14)8-3-2-7(9)5-11-8;/h2-3,5-6,12H,4,10H2,1H3;1H/t6-;/m1./s1. The molecule has 92 valence electrons. The Bertz CT molecular complexity index is 423. The number of hydrogen-bond donors (Lipinski definition) is 2. The molecule has 8 heteroatoms. The van der Waals surface area contributed by atoms with Crippen molar-refractivity contribution in [3.63, 3.8) is 0 Å². The molecule has 5 nitrogen and oxygen atoms in total. The van der Waals surface area contributed by atoms with Gasteiger partial charge >= 0.3 is 0 Å². The molecule has 0 saturated heterocycles. The summed E-state index contributed by atoms with van der Waals surface area (Å²) in [5.74, 6) is 0. The number of pyridine rings is 1. The van der Waals surface area contributed by atoms with Crippen molar-refractivity contribution in [2.75, 3.05) is 6.54 Å². The predicted octanol–water partition coefficient (Wildman–Crippen LogP) is 0.891. The van der Waals surface area contributed by atoms with Gasteiger partial charge in [-0.1, -0.05) is 0 Å². The Balaban J connectivity index is 0.00000225. The van der Waals surface area contributed by atoms with E-state index in [1.54, 1.807) is 13.0 Å². The van der Waals surface area contributed by atoms with E-state index in [9.17, 15) is 8.42 Å². The van der Waals surface area contributed by atoms with Gasteiger partial charge < -0.3 is 5.73 Å². The molecule has 1 heterocycles. The molecule has 1 aromatic rings. The highest BCUT2D eigenvalue weighted by atomic mass is 79.9. The Hall–Kier alpha value is -0.210. The summed E-state index contributed by atoms with van der Waals surface area (Å²) in [7, 11) is -3.55. The second kappa shape index (κ2) is 6.51. The zero-order chi connectivity index (χ0) is 11.5. The molecule has 0 spiro atoms. The number of hydrogen-bond acceptors (Lipinski definition) is 4. The average molecular weight is 331 g/mol. The maximum Gasteiger partial charge on any atom is 0.258 e. The summed E-state index contributed by atoms with van der Waals surface area (Å²) < 4.78 is 26.5. The number of nitrogens with zero attached hydrogens (tertiary/aromatic N) is 1. The van der Waals surface area contributed by atoms with Gasteiger partial charge in [-0.05, 0) is 35.0 Å². The fourth-order valence-corrected chi connectivity index (χ4v) is 2.31. The van der Waals surface area contributed by atoms with E-state index < -0.39 is 10.0 Å². The summed E-state index contributed by atoms with van der Waals surface area (Å²) in [5, 5.41) is -0.00833. The fraction of sp³-hybridized carbons (Fsp3) is 0.375. The summed E-state index contributed by atoms with van der Waals surface area (Å²) in [6.45, 7) is 1.94. The van der Waals surface area contributed by atoms with Gasteiger partial charge in [-0.2, -0.15) is 0 Å². The Kier molecular flexibility index (Phi) is 6.42. The van der Waals surface area contributed by atoms with Crippen molar-refractivity contribution in [1.82, 2.24) is 9.71 Å². The first kappa shape index (κ1) is 15.8. The van der Waals surface area contributed by atoms with E-state index in [0.717, 1.165) is 4.47 Å². The smallest absolute Gasteiger partial charge is 0.258 e. The van der Waals surface area contributed by atoms with Gasteiger partial charge in [-0.25, -0.2) is 18.1 Å². The highest BCUT2D eigenvalue weighted by Gasteiger charge is 2.17. The van der Waals surface area contributed by atoms with Crippen LogP contribution in [0.4, 0.5) is 0 Å². The van der Waals surface area contributed by atoms with Crippen LogP contribution >= 0.6 is 28.3 Å². The number of sulfonamides is 1. The Morgan fingerprint density at radius 3 is 2.62 bits per heavy atom. The Morgan fingerprint density at radius 2 is 2.19 bits per heavy atom. The van der Waals surface area contributed by atoms with Crippen molar-refractivity contribution in [1.29, 1.82) is 0 Å². The molecule has 16 heavy (non-hydrogen) atoms. The second-order valence-electron chi connectivity index (χ2n) is 3.07. The van der Waals surface area contributed by atoms with Crippen LogP contribution in [-0.2, 0) is 10.0 Å². The lowest BCUT2D eigenvalue weighted by Crippen LogP contribution is -2.38. The van der Waals surface area contributed by atoms with Gasteiger partial charge in [0.1, 0.15) is 0 Å². The molecule has 0 radical (unpaired) electrons. The number of nitrogens with two attached hydrogens (primary N) is 1. The van der Waals surface area contributed by atoms with Gasteiger partial charge in [0.25, 0.3) is 10.0 Å². The third kappa shape index (κ3) is 4.34. The Labute approximate surface area is 109 Å².